The van der Waals surface area contributed by atoms with E-state index in [1.54, 1.807) is 0 Å². The normalized spacial score (nSPS) is 12.7. The second-order valence-corrected chi connectivity index (χ2v) is 58.0. The predicted octanol–water partition coefficient (Wildman–Crippen LogP) is 27.8. The van der Waals surface area contributed by atoms with Crippen LogP contribution < -0.4 is 10.9 Å². The summed E-state index contributed by atoms with van der Waals surface area (Å²) in [7, 11) is -8.63. The minimum absolute atomic E-state index is 0.0142. The third-order valence-corrected chi connectivity index (χ3v) is 51.5. The van der Waals surface area contributed by atoms with Gasteiger partial charge in [0.15, 0.2) is 10.9 Å². The maximum Gasteiger partial charge on any atom is 0.194 e. The molecule has 0 aliphatic heterocycles. The molecule has 0 N–H and O–H groups in total. The van der Waals surface area contributed by atoms with Gasteiger partial charge in [-0.05, 0) is 112 Å². The van der Waals surface area contributed by atoms with E-state index in [-0.39, 0.29) is 10.9 Å². The maximum absolute atomic E-state index is 14.3. The lowest BCUT2D eigenvalue weighted by atomic mass is 9.94. The van der Waals surface area contributed by atoms with Gasteiger partial charge in [-0.1, -0.05) is 335 Å². The van der Waals surface area contributed by atoms with Crippen molar-refractivity contribution in [1.82, 2.24) is 19.9 Å². The molecule has 14 rings (SSSR count). The van der Waals surface area contributed by atoms with Crippen LogP contribution in [0.5, 0.6) is 0 Å². The van der Waals surface area contributed by atoms with E-state index < -0.39 is 32.3 Å². The Morgan fingerprint density at radius 3 is 0.518 bits per heavy atom. The SMILES string of the molecule is CC(C)[Si](C#Cc1c2cc3ccccc3cc2c(C#C[Si](C(C)C)(C(C)C)C(C)C)c2nc3c4ccccc4c(=O)c4ccccc4c3nc12)(C(C)C)C(C)C.CC(C)[Si](C#Cc1c2cc3ccccc3cc2c(C#C[Si](C(C)C)(C(C)C)C(C)C)c2nc3c4ccccc4c(=O)c4ccccc4c3nc12)(C(C)C)C(C)C. The van der Waals surface area contributed by atoms with Gasteiger partial charge in [0.2, 0.25) is 0 Å². The van der Waals surface area contributed by atoms with E-state index >= 15 is 0 Å². The molecule has 2 heterocycles. The van der Waals surface area contributed by atoms with Gasteiger partial charge in [0, 0.05) is 64.6 Å². The largest absolute Gasteiger partial charge is 0.289 e. The first-order chi connectivity index (χ1) is 53.3. The molecule has 568 valence electrons. The molecule has 14 aromatic rings. The Bertz CT molecular complexity index is 5690. The Balaban J connectivity index is 0.000000196. The number of fused-ring (bicyclic) bond motifs is 16. The summed E-state index contributed by atoms with van der Waals surface area (Å²) in [6.45, 7) is 56.7. The number of benzene rings is 10. The van der Waals surface area contributed by atoms with Crippen LogP contribution in [0, 0.1) is 45.9 Å². The molecule has 0 aliphatic rings. The lowest BCUT2D eigenvalue weighted by Crippen LogP contribution is -2.43. The van der Waals surface area contributed by atoms with E-state index in [4.69, 9.17) is 19.9 Å². The van der Waals surface area contributed by atoms with Gasteiger partial charge in [0.25, 0.3) is 0 Å². The molecule has 2 aromatic heterocycles. The van der Waals surface area contributed by atoms with E-state index in [0.717, 1.165) is 109 Å². The summed E-state index contributed by atoms with van der Waals surface area (Å²) in [5.41, 5.74) is 31.4. The third kappa shape index (κ3) is 13.4. The summed E-state index contributed by atoms with van der Waals surface area (Å²) in [5.74, 6) is 15.6. The topological polar surface area (TPSA) is 85.7 Å². The Kier molecular flexibility index (Phi) is 22.5. The average Bonchev–Trinajstić information content (AvgIpc) is 0.925. The second kappa shape index (κ2) is 31.4. The van der Waals surface area contributed by atoms with Gasteiger partial charge in [-0.25, -0.2) is 19.9 Å². The maximum atomic E-state index is 14.3. The van der Waals surface area contributed by atoms with Gasteiger partial charge >= 0.3 is 0 Å². The van der Waals surface area contributed by atoms with Gasteiger partial charge in [-0.3, -0.25) is 9.59 Å². The summed E-state index contributed by atoms with van der Waals surface area (Å²) in [4.78, 5) is 51.2. The van der Waals surface area contributed by atoms with Crippen molar-refractivity contribution in [3.8, 4) is 45.9 Å². The van der Waals surface area contributed by atoms with Crippen molar-refractivity contribution in [3.63, 3.8) is 0 Å². The highest BCUT2D eigenvalue weighted by atomic mass is 28.3. The fourth-order valence-corrected chi connectivity index (χ4v) is 41.7. The van der Waals surface area contributed by atoms with Crippen molar-refractivity contribution in [2.45, 2.75) is 233 Å². The lowest BCUT2D eigenvalue weighted by Gasteiger charge is -2.38. The van der Waals surface area contributed by atoms with Gasteiger partial charge in [0.1, 0.15) is 54.4 Å². The molecule has 0 saturated heterocycles. The summed E-state index contributed by atoms with van der Waals surface area (Å²) < 4.78 is 0. The minimum Gasteiger partial charge on any atom is -0.289 e. The number of hydrogen-bond acceptors (Lipinski definition) is 6. The molecule has 0 bridgehead atoms. The van der Waals surface area contributed by atoms with Crippen molar-refractivity contribution < 1.29 is 0 Å². The van der Waals surface area contributed by atoms with Crippen LogP contribution in [0.1, 0.15) is 188 Å². The zero-order chi connectivity index (χ0) is 80.5. The highest BCUT2D eigenvalue weighted by Gasteiger charge is 2.45. The van der Waals surface area contributed by atoms with Crippen molar-refractivity contribution in [3.05, 3.63) is 213 Å². The molecule has 112 heavy (non-hydrogen) atoms. The van der Waals surface area contributed by atoms with Crippen LogP contribution in [-0.4, -0.2) is 52.2 Å². The summed E-state index contributed by atoms with van der Waals surface area (Å²) in [6.07, 6.45) is 0. The zero-order valence-corrected chi connectivity index (χ0v) is 74.7. The van der Waals surface area contributed by atoms with Crippen LogP contribution in [0.15, 0.2) is 179 Å². The fraction of sp³-hybridized carbons (Fsp3) is 0.353. The van der Waals surface area contributed by atoms with Crippen LogP contribution >= 0.6 is 0 Å². The Morgan fingerprint density at radius 2 is 0.357 bits per heavy atom. The van der Waals surface area contributed by atoms with Crippen LogP contribution in [0.3, 0.4) is 0 Å². The predicted molar refractivity (Wildman–Crippen MR) is 498 cm³/mol. The summed E-state index contributed by atoms with van der Waals surface area (Å²) in [5, 5.41) is 14.6. The molecule has 0 aliphatic carbocycles. The standard InChI is InChI=1S/2C51H56N2OSi2/c2*1-31(2)55(32(3)4,33(5)6)27-25-41-45-29-37-19-13-14-20-38(37)30-46(45)42(26-28-56(34(7)8,35(9)10)36(11)12)50-49(41)52-47-39-21-15-17-23-43(39)51(54)44-24-18-16-22-40(44)48(47)53-50/h2*13-24,29-36H,1-12H3. The molecule has 10 heteroatoms. The summed E-state index contributed by atoms with van der Waals surface area (Å²) >= 11 is 0. The van der Waals surface area contributed by atoms with Crippen molar-refractivity contribution in [2.24, 2.45) is 0 Å². The van der Waals surface area contributed by atoms with E-state index in [2.05, 4.69) is 285 Å². The molecule has 0 unspecified atom stereocenters. The van der Waals surface area contributed by atoms with E-state index in [1.807, 2.05) is 97.1 Å². The first-order valence-electron chi connectivity index (χ1n) is 41.3. The van der Waals surface area contributed by atoms with Crippen molar-refractivity contribution >= 4 is 163 Å². The Labute approximate surface area is 668 Å². The monoisotopic (exact) mass is 1540 g/mol. The quantitative estimate of drug-likeness (QED) is 0.0688. The molecular formula is C102H112N4O2Si4. The molecule has 12 aromatic carbocycles. The molecule has 0 radical (unpaired) electrons. The van der Waals surface area contributed by atoms with Gasteiger partial charge in [-0.15, -0.1) is 22.2 Å². The average molecular weight is 1540 g/mol. The minimum atomic E-state index is -2.16. The first kappa shape index (κ1) is 80.4. The fourth-order valence-electron chi connectivity index (χ4n) is 20.9. The van der Waals surface area contributed by atoms with Crippen molar-refractivity contribution in [2.75, 3.05) is 0 Å². The Morgan fingerprint density at radius 1 is 0.205 bits per heavy atom. The number of hydrogen-bond donors (Lipinski definition) is 0. The van der Waals surface area contributed by atoms with E-state index in [0.29, 0.717) is 110 Å². The van der Waals surface area contributed by atoms with E-state index in [1.165, 1.54) is 0 Å². The van der Waals surface area contributed by atoms with Gasteiger partial charge < -0.3 is 0 Å². The highest BCUT2D eigenvalue weighted by molar-refractivity contribution is 6.92. The van der Waals surface area contributed by atoms with Crippen LogP contribution in [0.4, 0.5) is 0 Å². The zero-order valence-electron chi connectivity index (χ0n) is 70.7. The van der Waals surface area contributed by atoms with Gasteiger partial charge in [-0.2, -0.15) is 0 Å². The van der Waals surface area contributed by atoms with Crippen LogP contribution in [-0.2, 0) is 0 Å². The molecule has 0 amide bonds. The molecule has 0 saturated carbocycles. The molecule has 0 atom stereocenters. The number of rotatable bonds is 12. The van der Waals surface area contributed by atoms with Crippen molar-refractivity contribution in [1.29, 1.82) is 0 Å². The molecule has 0 spiro atoms. The third-order valence-electron chi connectivity index (χ3n) is 26.4. The van der Waals surface area contributed by atoms with Crippen LogP contribution in [0.25, 0.3) is 130 Å². The molecule has 6 nitrogen and oxygen atoms in total. The number of aromatic nitrogens is 4. The first-order valence-corrected chi connectivity index (χ1v) is 50.2. The van der Waals surface area contributed by atoms with Crippen LogP contribution in [0.2, 0.25) is 66.5 Å². The highest BCUT2D eigenvalue weighted by Crippen LogP contribution is 2.47. The molecular weight excluding hydrogens is 1430 g/mol. The second-order valence-electron chi connectivity index (χ2n) is 35.7. The molecule has 0 fully saturated rings. The lowest BCUT2D eigenvalue weighted by molar-refractivity contribution is 0.838. The summed E-state index contributed by atoms with van der Waals surface area (Å²) in [6, 6.07) is 57.8. The Hall–Kier alpha value is -9.63. The van der Waals surface area contributed by atoms with Gasteiger partial charge in [0.05, 0.1) is 44.3 Å². The number of nitrogens with zero attached hydrogens (tertiary/aromatic N) is 4. The van der Waals surface area contributed by atoms with E-state index in [9.17, 15) is 9.59 Å². The smallest absolute Gasteiger partial charge is 0.194 e.